The van der Waals surface area contributed by atoms with Crippen molar-refractivity contribution in [3.8, 4) is 11.5 Å². The molecule has 4 heteroatoms. The number of hydrogen-bond acceptors (Lipinski definition) is 3. The smallest absolute Gasteiger partial charge is 0.197 e. The Balaban J connectivity index is 3.35. The van der Waals surface area contributed by atoms with Gasteiger partial charge in [0.15, 0.2) is 23.1 Å². The van der Waals surface area contributed by atoms with Crippen molar-refractivity contribution in [3.05, 3.63) is 23.5 Å². The lowest BCUT2D eigenvalue weighted by molar-refractivity contribution is 0.101. The molecular weight excluding hydrogens is 175 g/mol. The van der Waals surface area contributed by atoms with Gasteiger partial charge < -0.3 is 9.84 Å². The molecule has 0 amide bonds. The molecule has 3 nitrogen and oxygen atoms in total. The number of benzene rings is 1. The zero-order chi connectivity index (χ0) is 10.0. The summed E-state index contributed by atoms with van der Waals surface area (Å²) in [5, 5.41) is 9.12. The van der Waals surface area contributed by atoms with Gasteiger partial charge in [-0.1, -0.05) is 0 Å². The maximum atomic E-state index is 13.3. The van der Waals surface area contributed by atoms with Gasteiger partial charge in [-0.2, -0.15) is 0 Å². The van der Waals surface area contributed by atoms with Gasteiger partial charge in [-0.15, -0.1) is 0 Å². The molecule has 70 valence electrons. The van der Waals surface area contributed by atoms with Crippen molar-refractivity contribution in [2.45, 2.75) is 6.92 Å². The van der Waals surface area contributed by atoms with Crippen molar-refractivity contribution in [1.82, 2.24) is 0 Å². The number of phenols is 1. The first-order valence-electron chi connectivity index (χ1n) is 3.64. The highest BCUT2D eigenvalue weighted by molar-refractivity contribution is 5.95. The summed E-state index contributed by atoms with van der Waals surface area (Å²) in [7, 11) is 1.22. The molecule has 0 bridgehead atoms. The predicted octanol–water partition coefficient (Wildman–Crippen LogP) is 1.74. The van der Waals surface area contributed by atoms with E-state index in [1.165, 1.54) is 26.2 Å². The lowest BCUT2D eigenvalue weighted by Crippen LogP contribution is -1.99. The molecule has 1 rings (SSSR count). The van der Waals surface area contributed by atoms with Crippen LogP contribution < -0.4 is 4.74 Å². The molecule has 0 radical (unpaired) electrons. The number of phenolic OH excluding ortho intramolecular Hbond substituents is 1. The van der Waals surface area contributed by atoms with Crippen LogP contribution in [-0.2, 0) is 0 Å². The van der Waals surface area contributed by atoms with Gasteiger partial charge in [-0.3, -0.25) is 4.79 Å². The molecule has 13 heavy (non-hydrogen) atoms. The fraction of sp³-hybridized carbons (Fsp3) is 0.222. The van der Waals surface area contributed by atoms with Crippen molar-refractivity contribution < 1.29 is 19.0 Å². The van der Waals surface area contributed by atoms with E-state index in [-0.39, 0.29) is 17.1 Å². The third kappa shape index (κ3) is 1.61. The average Bonchev–Trinajstić information content (AvgIpc) is 2.04. The monoisotopic (exact) mass is 184 g/mol. The van der Waals surface area contributed by atoms with Gasteiger partial charge in [0, 0.05) is 0 Å². The minimum atomic E-state index is -0.824. The maximum Gasteiger partial charge on any atom is 0.197 e. The number of aromatic hydroxyl groups is 1. The molecule has 0 aliphatic carbocycles. The van der Waals surface area contributed by atoms with E-state index in [4.69, 9.17) is 5.11 Å². The van der Waals surface area contributed by atoms with Crippen LogP contribution in [0.4, 0.5) is 4.39 Å². The van der Waals surface area contributed by atoms with Gasteiger partial charge in [0.05, 0.1) is 12.7 Å². The van der Waals surface area contributed by atoms with Crippen LogP contribution in [0.15, 0.2) is 12.1 Å². The average molecular weight is 184 g/mol. The zero-order valence-electron chi connectivity index (χ0n) is 7.30. The van der Waals surface area contributed by atoms with Crippen molar-refractivity contribution in [1.29, 1.82) is 0 Å². The second-order valence-corrected chi connectivity index (χ2v) is 2.54. The van der Waals surface area contributed by atoms with Gasteiger partial charge >= 0.3 is 0 Å². The largest absolute Gasteiger partial charge is 0.504 e. The molecule has 0 atom stereocenters. The van der Waals surface area contributed by atoms with Crippen molar-refractivity contribution in [2.75, 3.05) is 7.11 Å². The van der Waals surface area contributed by atoms with E-state index >= 15 is 0 Å². The highest BCUT2D eigenvalue weighted by Gasteiger charge is 2.15. The topological polar surface area (TPSA) is 46.5 Å². The van der Waals surface area contributed by atoms with Gasteiger partial charge in [-0.05, 0) is 19.1 Å². The van der Waals surface area contributed by atoms with Crippen LogP contribution in [0, 0.1) is 5.82 Å². The molecule has 0 spiro atoms. The quantitative estimate of drug-likeness (QED) is 0.712. The summed E-state index contributed by atoms with van der Waals surface area (Å²) >= 11 is 0. The Morgan fingerprint density at radius 1 is 1.54 bits per heavy atom. The van der Waals surface area contributed by atoms with Crippen molar-refractivity contribution >= 4 is 5.78 Å². The van der Waals surface area contributed by atoms with E-state index < -0.39 is 11.6 Å². The number of ketones is 1. The molecule has 1 N–H and O–H groups in total. The molecule has 0 aromatic heterocycles. The summed E-state index contributed by atoms with van der Waals surface area (Å²) < 4.78 is 17.9. The first-order chi connectivity index (χ1) is 6.07. The van der Waals surface area contributed by atoms with Crippen LogP contribution in [-0.4, -0.2) is 18.0 Å². The van der Waals surface area contributed by atoms with Gasteiger partial charge in [0.25, 0.3) is 0 Å². The molecule has 0 saturated carbocycles. The molecule has 0 fully saturated rings. The Hall–Kier alpha value is -1.58. The predicted molar refractivity (Wildman–Crippen MR) is 44.6 cm³/mol. The van der Waals surface area contributed by atoms with Crippen molar-refractivity contribution in [3.63, 3.8) is 0 Å². The van der Waals surface area contributed by atoms with Crippen molar-refractivity contribution in [2.24, 2.45) is 0 Å². The van der Waals surface area contributed by atoms with Crippen LogP contribution in [0.5, 0.6) is 11.5 Å². The van der Waals surface area contributed by atoms with E-state index in [9.17, 15) is 9.18 Å². The minimum absolute atomic E-state index is 0.0883. The number of rotatable bonds is 2. The Labute approximate surface area is 74.8 Å². The maximum absolute atomic E-state index is 13.3. The summed E-state index contributed by atoms with van der Waals surface area (Å²) in [5.41, 5.74) is -0.0883. The third-order valence-corrected chi connectivity index (χ3v) is 1.66. The highest BCUT2D eigenvalue weighted by Crippen LogP contribution is 2.30. The normalized spacial score (nSPS) is 9.77. The zero-order valence-corrected chi connectivity index (χ0v) is 7.30. The molecular formula is C9H9FO3. The fourth-order valence-electron chi connectivity index (χ4n) is 1.01. The highest BCUT2D eigenvalue weighted by atomic mass is 19.1. The summed E-state index contributed by atoms with van der Waals surface area (Å²) in [6, 6.07) is 2.44. The Bertz CT molecular complexity index is 347. The molecule has 1 aromatic rings. The molecule has 1 aromatic carbocycles. The summed E-state index contributed by atoms with van der Waals surface area (Å²) in [6.07, 6.45) is 0. The van der Waals surface area contributed by atoms with E-state index in [2.05, 4.69) is 4.74 Å². The van der Waals surface area contributed by atoms with Crippen LogP contribution >= 0.6 is 0 Å². The number of carbonyl (C=O) groups is 1. The second-order valence-electron chi connectivity index (χ2n) is 2.54. The van der Waals surface area contributed by atoms with Crippen LogP contribution in [0.1, 0.15) is 17.3 Å². The Kier molecular flexibility index (Phi) is 2.51. The lowest BCUT2D eigenvalue weighted by atomic mass is 10.1. The van der Waals surface area contributed by atoms with E-state index in [1.54, 1.807) is 0 Å². The van der Waals surface area contributed by atoms with Gasteiger partial charge in [0.1, 0.15) is 0 Å². The number of carbonyl (C=O) groups excluding carboxylic acids is 1. The third-order valence-electron chi connectivity index (χ3n) is 1.66. The van der Waals surface area contributed by atoms with E-state index in [1.807, 2.05) is 0 Å². The number of ether oxygens (including phenoxy) is 1. The number of methoxy groups -OCH3 is 1. The Morgan fingerprint density at radius 2 is 2.15 bits per heavy atom. The SMILES string of the molecule is COc1c(O)ccc(C(C)=O)c1F. The summed E-state index contributed by atoms with van der Waals surface area (Å²) in [6.45, 7) is 1.24. The lowest BCUT2D eigenvalue weighted by Gasteiger charge is -2.06. The van der Waals surface area contributed by atoms with Crippen LogP contribution in [0.25, 0.3) is 0 Å². The summed E-state index contributed by atoms with van der Waals surface area (Å²) in [5.74, 6) is -1.84. The number of Topliss-reactive ketones (excluding diaryl/α,β-unsaturated/α-hetero) is 1. The molecule has 0 unspecified atom stereocenters. The van der Waals surface area contributed by atoms with Gasteiger partial charge in [-0.25, -0.2) is 4.39 Å². The fourth-order valence-corrected chi connectivity index (χ4v) is 1.01. The van der Waals surface area contributed by atoms with Crippen LogP contribution in [0.2, 0.25) is 0 Å². The minimum Gasteiger partial charge on any atom is -0.504 e. The van der Waals surface area contributed by atoms with E-state index in [0.29, 0.717) is 0 Å². The molecule has 0 heterocycles. The molecule has 0 aliphatic heterocycles. The van der Waals surface area contributed by atoms with E-state index in [0.717, 1.165) is 0 Å². The standard InChI is InChI=1S/C9H9FO3/c1-5(11)6-3-4-7(12)9(13-2)8(6)10/h3-4,12H,1-2H3. The number of halogens is 1. The Morgan fingerprint density at radius 3 is 2.62 bits per heavy atom. The summed E-state index contributed by atoms with van der Waals surface area (Å²) in [4.78, 5) is 10.9. The first-order valence-corrected chi connectivity index (χ1v) is 3.64. The van der Waals surface area contributed by atoms with Crippen LogP contribution in [0.3, 0.4) is 0 Å². The second kappa shape index (κ2) is 3.43. The molecule has 0 saturated heterocycles. The number of hydrogen-bond donors (Lipinski definition) is 1. The first kappa shape index (κ1) is 9.51. The molecule has 0 aliphatic rings. The van der Waals surface area contributed by atoms with Gasteiger partial charge in [0.2, 0.25) is 0 Å².